The van der Waals surface area contributed by atoms with Gasteiger partial charge in [-0.05, 0) is 49.0 Å². The molecule has 3 aliphatic rings. The van der Waals surface area contributed by atoms with Crippen LogP contribution in [0, 0.1) is 11.3 Å². The zero-order chi connectivity index (χ0) is 27.9. The number of benzene rings is 1. The number of nitrogens with zero attached hydrogens (tertiary/aromatic N) is 2. The third-order valence-electron chi connectivity index (χ3n) is 8.01. The van der Waals surface area contributed by atoms with E-state index in [0.29, 0.717) is 12.0 Å². The Morgan fingerprint density at radius 3 is 2.69 bits per heavy atom. The van der Waals surface area contributed by atoms with Gasteiger partial charge in [0.05, 0.1) is 6.42 Å². The molecule has 2 N–H and O–H groups in total. The van der Waals surface area contributed by atoms with Crippen LogP contribution in [0.15, 0.2) is 36.5 Å². The van der Waals surface area contributed by atoms with E-state index < -0.39 is 41.7 Å². The van der Waals surface area contributed by atoms with Gasteiger partial charge >= 0.3 is 5.97 Å². The first-order chi connectivity index (χ1) is 18.6. The Labute approximate surface area is 227 Å². The second-order valence-corrected chi connectivity index (χ2v) is 11.7. The van der Waals surface area contributed by atoms with Crippen molar-refractivity contribution in [1.82, 2.24) is 20.5 Å². The summed E-state index contributed by atoms with van der Waals surface area (Å²) in [5.74, 6) is -1.47. The number of amides is 3. The highest BCUT2D eigenvalue weighted by Crippen LogP contribution is 2.44. The molecule has 208 valence electrons. The molecule has 3 amide bonds. The van der Waals surface area contributed by atoms with Crippen molar-refractivity contribution in [3.05, 3.63) is 42.2 Å². The first-order valence-corrected chi connectivity index (χ1v) is 13.7. The summed E-state index contributed by atoms with van der Waals surface area (Å²) in [6.45, 7) is 7.80. The summed E-state index contributed by atoms with van der Waals surface area (Å²) in [5, 5.41) is 7.45. The lowest BCUT2D eigenvalue weighted by atomic mass is 9.84. The average molecular weight is 537 g/mol. The molecular formula is C29H36N4O6. The number of pyridine rings is 1. The third-order valence-corrected chi connectivity index (χ3v) is 8.01. The molecule has 39 heavy (non-hydrogen) atoms. The molecule has 0 unspecified atom stereocenters. The van der Waals surface area contributed by atoms with Gasteiger partial charge in [-0.25, -0.2) is 0 Å². The number of rotatable bonds is 7. The fourth-order valence-corrected chi connectivity index (χ4v) is 6.18. The van der Waals surface area contributed by atoms with Gasteiger partial charge in [0.1, 0.15) is 23.8 Å². The van der Waals surface area contributed by atoms with Crippen LogP contribution in [-0.2, 0) is 23.9 Å². The zero-order valence-electron chi connectivity index (χ0n) is 22.8. The number of likely N-dealkylation sites (tertiary alicyclic amines) is 1. The topological polar surface area (TPSA) is 127 Å². The molecular weight excluding hydrogens is 500 g/mol. The lowest BCUT2D eigenvalue weighted by molar-refractivity contribution is -0.165. The number of esters is 1. The largest absolute Gasteiger partial charge is 0.433 e. The van der Waals surface area contributed by atoms with E-state index in [1.807, 2.05) is 51.1 Å². The van der Waals surface area contributed by atoms with Gasteiger partial charge in [-0.2, -0.15) is 0 Å². The van der Waals surface area contributed by atoms with Gasteiger partial charge in [0, 0.05) is 24.2 Å². The molecule has 10 nitrogen and oxygen atoms in total. The van der Waals surface area contributed by atoms with E-state index in [0.717, 1.165) is 24.6 Å². The summed E-state index contributed by atoms with van der Waals surface area (Å²) in [6, 6.07) is 7.04. The molecule has 6 atom stereocenters. The number of nitrogens with one attached hydrogen (secondary N) is 2. The van der Waals surface area contributed by atoms with Crippen molar-refractivity contribution >= 4 is 34.5 Å². The minimum Gasteiger partial charge on any atom is -0.433 e. The predicted octanol–water partition coefficient (Wildman–Crippen LogP) is 2.55. The molecule has 2 bridgehead atoms. The minimum absolute atomic E-state index is 0.0126. The Balaban J connectivity index is 1.38. The lowest BCUT2D eigenvalue weighted by Crippen LogP contribution is -2.62. The minimum atomic E-state index is -0.881. The molecule has 1 aromatic heterocycles. The van der Waals surface area contributed by atoms with Gasteiger partial charge in [0.25, 0.3) is 5.91 Å². The number of carbonyl (C=O) groups is 4. The maximum atomic E-state index is 14.2. The van der Waals surface area contributed by atoms with Crippen LogP contribution in [0.5, 0.6) is 0 Å². The Morgan fingerprint density at radius 2 is 1.95 bits per heavy atom. The van der Waals surface area contributed by atoms with Crippen LogP contribution in [0.1, 0.15) is 63.9 Å². The number of fused-ring (bicyclic) bond motifs is 3. The Hall–Kier alpha value is -3.53. The molecule has 3 fully saturated rings. The van der Waals surface area contributed by atoms with Crippen LogP contribution in [0.25, 0.3) is 10.8 Å². The molecule has 1 aliphatic carbocycles. The summed E-state index contributed by atoms with van der Waals surface area (Å²) in [4.78, 5) is 59.1. The number of hydrogen-bond donors (Lipinski definition) is 2. The van der Waals surface area contributed by atoms with E-state index >= 15 is 0 Å². The number of hydrogen-bond acceptors (Lipinski definition) is 7. The van der Waals surface area contributed by atoms with Crippen LogP contribution in [0.4, 0.5) is 0 Å². The standard InChI is InChI=1S/C29H36N4O6/c1-5-38-28-20(15-21(34)39-28)31-26(36)23-17-10-11-18(14-17)33(23)27(37)24(29(2,3)4)32-25(35)22-19-9-7-6-8-16(19)12-13-30-22/h6-9,12-13,17-18,20,23-24,28H,5,10-11,14-15H2,1-4H3,(H,31,36)(H,32,35)/t17-,18+,20-,23+,24-,28+/m1/s1. The maximum absolute atomic E-state index is 14.2. The molecule has 5 rings (SSSR count). The summed E-state index contributed by atoms with van der Waals surface area (Å²) in [6.07, 6.45) is 3.14. The lowest BCUT2D eigenvalue weighted by Gasteiger charge is -2.40. The number of piperidine rings is 1. The normalized spacial score (nSPS) is 26.9. The van der Waals surface area contributed by atoms with E-state index in [1.165, 1.54) is 0 Å². The maximum Gasteiger partial charge on any atom is 0.310 e. The van der Waals surface area contributed by atoms with E-state index in [1.54, 1.807) is 18.0 Å². The van der Waals surface area contributed by atoms with Gasteiger partial charge in [0.15, 0.2) is 0 Å². The Bertz CT molecular complexity index is 1280. The van der Waals surface area contributed by atoms with Crippen molar-refractivity contribution < 1.29 is 28.7 Å². The highest BCUT2D eigenvalue weighted by Gasteiger charge is 2.54. The van der Waals surface area contributed by atoms with Gasteiger partial charge in [-0.1, -0.05) is 45.0 Å². The van der Waals surface area contributed by atoms with Gasteiger partial charge in [-0.3, -0.25) is 24.2 Å². The molecule has 2 saturated heterocycles. The molecule has 1 aromatic carbocycles. The summed E-state index contributed by atoms with van der Waals surface area (Å²) < 4.78 is 10.7. The van der Waals surface area contributed by atoms with Crippen LogP contribution >= 0.6 is 0 Å². The van der Waals surface area contributed by atoms with Crippen molar-refractivity contribution in [3.63, 3.8) is 0 Å². The number of carbonyl (C=O) groups excluding carboxylic acids is 4. The smallest absolute Gasteiger partial charge is 0.310 e. The molecule has 3 heterocycles. The number of cyclic esters (lactones) is 1. The second kappa shape index (κ2) is 10.6. The monoisotopic (exact) mass is 536 g/mol. The van der Waals surface area contributed by atoms with Crippen LogP contribution in [0.3, 0.4) is 0 Å². The first-order valence-electron chi connectivity index (χ1n) is 13.7. The van der Waals surface area contributed by atoms with Crippen molar-refractivity contribution in [3.8, 4) is 0 Å². The van der Waals surface area contributed by atoms with Crippen molar-refractivity contribution in [2.24, 2.45) is 11.3 Å². The third kappa shape index (κ3) is 5.22. The SMILES string of the molecule is CCO[C@H]1OC(=O)C[C@H]1NC(=O)[C@@H]1[C@@H]2CC[C@@H](C2)N1C(=O)[C@@H](NC(=O)c1nccc2ccccc12)C(C)(C)C. The first kappa shape index (κ1) is 27.1. The fourth-order valence-electron chi connectivity index (χ4n) is 6.18. The van der Waals surface area contributed by atoms with E-state index in [9.17, 15) is 19.2 Å². The second-order valence-electron chi connectivity index (χ2n) is 11.7. The summed E-state index contributed by atoms with van der Waals surface area (Å²) >= 11 is 0. The zero-order valence-corrected chi connectivity index (χ0v) is 22.8. The summed E-state index contributed by atoms with van der Waals surface area (Å²) in [7, 11) is 0. The molecule has 0 spiro atoms. The average Bonchev–Trinajstić information content (AvgIpc) is 3.60. The van der Waals surface area contributed by atoms with E-state index in [-0.39, 0.29) is 35.9 Å². The van der Waals surface area contributed by atoms with Gasteiger partial charge < -0.3 is 25.0 Å². The highest BCUT2D eigenvalue weighted by molar-refractivity contribution is 6.06. The van der Waals surface area contributed by atoms with Crippen LogP contribution in [0.2, 0.25) is 0 Å². The van der Waals surface area contributed by atoms with E-state index in [4.69, 9.17) is 9.47 Å². The van der Waals surface area contributed by atoms with Crippen molar-refractivity contribution in [2.45, 2.75) is 83.8 Å². The predicted molar refractivity (Wildman–Crippen MR) is 142 cm³/mol. The molecule has 2 aliphatic heterocycles. The molecule has 2 aromatic rings. The van der Waals surface area contributed by atoms with Gasteiger partial charge in [-0.15, -0.1) is 0 Å². The van der Waals surface area contributed by atoms with Crippen molar-refractivity contribution in [2.75, 3.05) is 6.61 Å². The van der Waals surface area contributed by atoms with Crippen LogP contribution in [-0.4, -0.2) is 70.6 Å². The number of aromatic nitrogens is 1. The molecule has 10 heteroatoms. The summed E-state index contributed by atoms with van der Waals surface area (Å²) in [5.41, 5.74) is -0.383. The highest BCUT2D eigenvalue weighted by atomic mass is 16.7. The quantitative estimate of drug-likeness (QED) is 0.521. The molecule has 1 saturated carbocycles. The molecule has 0 radical (unpaired) electrons. The van der Waals surface area contributed by atoms with Gasteiger partial charge in [0.2, 0.25) is 18.1 Å². The van der Waals surface area contributed by atoms with E-state index in [2.05, 4.69) is 15.6 Å². The van der Waals surface area contributed by atoms with Crippen LogP contribution < -0.4 is 10.6 Å². The Kier molecular flexibility index (Phi) is 7.33. The Morgan fingerprint density at radius 1 is 1.18 bits per heavy atom. The van der Waals surface area contributed by atoms with Crippen molar-refractivity contribution in [1.29, 1.82) is 0 Å². The number of ether oxygens (including phenoxy) is 2. The fraction of sp³-hybridized carbons (Fsp3) is 0.552.